The van der Waals surface area contributed by atoms with Crippen LogP contribution in [0, 0.1) is 20.8 Å². The standard InChI is InChI=1S/C12H16N2O/c1-8-6-9(2)11(10(3)7-8)14-12-13-4-5-15-12/h6-7H,4-5H2,1-3H3,(H,13,14). The Hall–Kier alpha value is -1.51. The van der Waals surface area contributed by atoms with E-state index in [0.29, 0.717) is 12.6 Å². The van der Waals surface area contributed by atoms with E-state index in [2.05, 4.69) is 43.2 Å². The molecule has 15 heavy (non-hydrogen) atoms. The van der Waals surface area contributed by atoms with E-state index in [-0.39, 0.29) is 0 Å². The van der Waals surface area contributed by atoms with Gasteiger partial charge in [0.25, 0.3) is 6.02 Å². The molecule has 80 valence electrons. The average Bonchev–Trinajstić information content (AvgIpc) is 2.63. The van der Waals surface area contributed by atoms with Gasteiger partial charge in [0.15, 0.2) is 0 Å². The van der Waals surface area contributed by atoms with Crippen molar-refractivity contribution in [1.82, 2.24) is 0 Å². The van der Waals surface area contributed by atoms with E-state index in [4.69, 9.17) is 4.74 Å². The topological polar surface area (TPSA) is 33.6 Å². The van der Waals surface area contributed by atoms with Crippen molar-refractivity contribution in [1.29, 1.82) is 0 Å². The molecule has 0 radical (unpaired) electrons. The largest absolute Gasteiger partial charge is 0.463 e. The van der Waals surface area contributed by atoms with Gasteiger partial charge < -0.3 is 10.1 Å². The molecular formula is C12H16N2O. The van der Waals surface area contributed by atoms with Gasteiger partial charge in [0, 0.05) is 5.69 Å². The van der Waals surface area contributed by atoms with Crippen molar-refractivity contribution in [3.8, 4) is 0 Å². The van der Waals surface area contributed by atoms with E-state index >= 15 is 0 Å². The number of ether oxygens (including phenoxy) is 1. The van der Waals surface area contributed by atoms with E-state index in [0.717, 1.165) is 12.2 Å². The molecule has 0 atom stereocenters. The summed E-state index contributed by atoms with van der Waals surface area (Å²) in [4.78, 5) is 4.22. The molecule has 0 saturated carbocycles. The molecule has 0 bridgehead atoms. The highest BCUT2D eigenvalue weighted by Gasteiger charge is 2.10. The minimum absolute atomic E-state index is 0.644. The second-order valence-corrected chi connectivity index (χ2v) is 3.93. The number of aryl methyl sites for hydroxylation is 3. The van der Waals surface area contributed by atoms with Gasteiger partial charge >= 0.3 is 0 Å². The lowest BCUT2D eigenvalue weighted by Crippen LogP contribution is -2.13. The van der Waals surface area contributed by atoms with Crippen LogP contribution in [-0.4, -0.2) is 19.2 Å². The molecule has 0 amide bonds. The van der Waals surface area contributed by atoms with Gasteiger partial charge in [0.2, 0.25) is 0 Å². The van der Waals surface area contributed by atoms with Crippen molar-refractivity contribution in [2.24, 2.45) is 4.99 Å². The van der Waals surface area contributed by atoms with Crippen LogP contribution < -0.4 is 5.32 Å². The molecule has 3 heteroatoms. The van der Waals surface area contributed by atoms with Gasteiger partial charge in [-0.3, -0.25) is 0 Å². The zero-order valence-electron chi connectivity index (χ0n) is 9.42. The summed E-state index contributed by atoms with van der Waals surface area (Å²) < 4.78 is 5.34. The maximum atomic E-state index is 5.34. The van der Waals surface area contributed by atoms with Gasteiger partial charge in [0.1, 0.15) is 6.61 Å². The van der Waals surface area contributed by atoms with Crippen LogP contribution in [0.4, 0.5) is 5.69 Å². The van der Waals surface area contributed by atoms with Crippen LogP contribution in [0.1, 0.15) is 16.7 Å². The molecule has 0 spiro atoms. The number of nitrogens with one attached hydrogen (secondary N) is 1. The molecule has 1 heterocycles. The summed E-state index contributed by atoms with van der Waals surface area (Å²) in [7, 11) is 0. The van der Waals surface area contributed by atoms with Crippen LogP contribution in [-0.2, 0) is 4.74 Å². The zero-order chi connectivity index (χ0) is 10.8. The summed E-state index contributed by atoms with van der Waals surface area (Å²) in [6.07, 6.45) is 0. The first-order chi connectivity index (χ1) is 7.16. The normalized spacial score (nSPS) is 14.7. The van der Waals surface area contributed by atoms with Gasteiger partial charge in [-0.2, -0.15) is 0 Å². The number of rotatable bonds is 1. The number of aliphatic imine (C=N–C) groups is 1. The molecule has 0 aromatic heterocycles. The Balaban J connectivity index is 2.27. The molecule has 0 saturated heterocycles. The highest BCUT2D eigenvalue weighted by Crippen LogP contribution is 2.22. The van der Waals surface area contributed by atoms with Crippen LogP contribution >= 0.6 is 0 Å². The summed E-state index contributed by atoms with van der Waals surface area (Å²) in [5, 5.41) is 3.23. The molecule has 3 nitrogen and oxygen atoms in total. The van der Waals surface area contributed by atoms with Crippen LogP contribution in [0.5, 0.6) is 0 Å². The van der Waals surface area contributed by atoms with Gasteiger partial charge in [-0.15, -0.1) is 0 Å². The number of amidine groups is 1. The Morgan fingerprint density at radius 1 is 1.20 bits per heavy atom. The quantitative estimate of drug-likeness (QED) is 0.762. The maximum absolute atomic E-state index is 5.34. The van der Waals surface area contributed by atoms with E-state index in [1.165, 1.54) is 16.7 Å². The Morgan fingerprint density at radius 3 is 2.40 bits per heavy atom. The second kappa shape index (κ2) is 3.93. The van der Waals surface area contributed by atoms with E-state index in [1.54, 1.807) is 0 Å². The molecule has 0 fully saturated rings. The fraction of sp³-hybridized carbons (Fsp3) is 0.417. The second-order valence-electron chi connectivity index (χ2n) is 3.93. The number of anilines is 1. The molecule has 2 rings (SSSR count). The SMILES string of the molecule is Cc1cc(C)c(NC2=NCCO2)c(C)c1. The van der Waals surface area contributed by atoms with Crippen LogP contribution in [0.15, 0.2) is 17.1 Å². The summed E-state index contributed by atoms with van der Waals surface area (Å²) in [6, 6.07) is 4.96. The summed E-state index contributed by atoms with van der Waals surface area (Å²) >= 11 is 0. The lowest BCUT2D eigenvalue weighted by molar-refractivity contribution is 0.346. The summed E-state index contributed by atoms with van der Waals surface area (Å²) in [5.41, 5.74) is 4.85. The fourth-order valence-electron chi connectivity index (χ4n) is 1.89. The van der Waals surface area contributed by atoms with Crippen molar-refractivity contribution in [3.05, 3.63) is 28.8 Å². The van der Waals surface area contributed by atoms with Crippen molar-refractivity contribution in [2.45, 2.75) is 20.8 Å². The Bertz CT molecular complexity index is 387. The third kappa shape index (κ3) is 2.12. The van der Waals surface area contributed by atoms with E-state index < -0.39 is 0 Å². The highest BCUT2D eigenvalue weighted by atomic mass is 16.5. The van der Waals surface area contributed by atoms with Crippen molar-refractivity contribution in [3.63, 3.8) is 0 Å². The number of hydrogen-bond donors (Lipinski definition) is 1. The first kappa shape index (κ1) is 10.0. The van der Waals surface area contributed by atoms with Crippen molar-refractivity contribution < 1.29 is 4.74 Å². The van der Waals surface area contributed by atoms with Gasteiger partial charge in [0.05, 0.1) is 6.54 Å². The predicted octanol–water partition coefficient (Wildman–Crippen LogP) is 2.41. The first-order valence-corrected chi connectivity index (χ1v) is 5.19. The summed E-state index contributed by atoms with van der Waals surface area (Å²) in [5.74, 6) is 0. The maximum Gasteiger partial charge on any atom is 0.289 e. The number of nitrogens with zero attached hydrogens (tertiary/aromatic N) is 1. The molecule has 1 aromatic carbocycles. The first-order valence-electron chi connectivity index (χ1n) is 5.19. The Morgan fingerprint density at radius 2 is 1.87 bits per heavy atom. The molecule has 1 aliphatic rings. The van der Waals surface area contributed by atoms with Gasteiger partial charge in [-0.05, 0) is 31.9 Å². The average molecular weight is 204 g/mol. The highest BCUT2D eigenvalue weighted by molar-refractivity contribution is 5.91. The third-order valence-electron chi connectivity index (χ3n) is 2.49. The van der Waals surface area contributed by atoms with Crippen LogP contribution in [0.25, 0.3) is 0 Å². The van der Waals surface area contributed by atoms with Crippen molar-refractivity contribution in [2.75, 3.05) is 18.5 Å². The lowest BCUT2D eigenvalue weighted by atomic mass is 10.1. The summed E-state index contributed by atoms with van der Waals surface area (Å²) in [6.45, 7) is 7.74. The minimum Gasteiger partial charge on any atom is -0.463 e. The molecule has 0 aliphatic carbocycles. The predicted molar refractivity (Wildman–Crippen MR) is 62.5 cm³/mol. The lowest BCUT2D eigenvalue weighted by Gasteiger charge is -2.12. The fourth-order valence-corrected chi connectivity index (χ4v) is 1.89. The minimum atomic E-state index is 0.644. The smallest absolute Gasteiger partial charge is 0.289 e. The number of benzene rings is 1. The zero-order valence-corrected chi connectivity index (χ0v) is 9.42. The monoisotopic (exact) mass is 204 g/mol. The Labute approximate surface area is 90.2 Å². The Kier molecular flexibility index (Phi) is 2.62. The van der Waals surface area contributed by atoms with E-state index in [9.17, 15) is 0 Å². The van der Waals surface area contributed by atoms with E-state index in [1.807, 2.05) is 0 Å². The molecule has 1 aliphatic heterocycles. The molecule has 0 unspecified atom stereocenters. The number of hydrogen-bond acceptors (Lipinski definition) is 3. The molecule has 1 aromatic rings. The van der Waals surface area contributed by atoms with Gasteiger partial charge in [-0.25, -0.2) is 4.99 Å². The van der Waals surface area contributed by atoms with Gasteiger partial charge in [-0.1, -0.05) is 17.7 Å². The molecule has 1 N–H and O–H groups in total. The third-order valence-corrected chi connectivity index (χ3v) is 2.49. The van der Waals surface area contributed by atoms with Crippen LogP contribution in [0.3, 0.4) is 0 Å². The van der Waals surface area contributed by atoms with Crippen LogP contribution in [0.2, 0.25) is 0 Å². The van der Waals surface area contributed by atoms with Crippen molar-refractivity contribution >= 4 is 11.7 Å². The molecular weight excluding hydrogens is 188 g/mol.